The minimum absolute atomic E-state index is 0.461. The van der Waals surface area contributed by atoms with Crippen molar-refractivity contribution in [3.63, 3.8) is 0 Å². The van der Waals surface area contributed by atoms with E-state index in [1.54, 1.807) is 37.6 Å². The van der Waals surface area contributed by atoms with E-state index in [4.69, 9.17) is 16.3 Å². The fourth-order valence-electron chi connectivity index (χ4n) is 1.62. The van der Waals surface area contributed by atoms with E-state index >= 15 is 0 Å². The number of ether oxygens (including phenoxy) is 1. The Bertz CT molecular complexity index is 516. The van der Waals surface area contributed by atoms with Crippen LogP contribution in [0.4, 0.5) is 0 Å². The van der Waals surface area contributed by atoms with E-state index in [1.807, 2.05) is 12.1 Å². The highest BCUT2D eigenvalue weighted by Gasteiger charge is 2.18. The summed E-state index contributed by atoms with van der Waals surface area (Å²) in [5, 5.41) is 10.8. The Hall–Kier alpha value is -1.58. The number of hydrogen-bond acceptors (Lipinski definition) is 3. The van der Waals surface area contributed by atoms with Gasteiger partial charge in [-0.1, -0.05) is 29.8 Å². The fourth-order valence-corrected chi connectivity index (χ4v) is 1.86. The lowest BCUT2D eigenvalue weighted by Gasteiger charge is -2.14. The third-order valence-electron chi connectivity index (χ3n) is 2.48. The summed E-state index contributed by atoms with van der Waals surface area (Å²) >= 11 is 6.04. The van der Waals surface area contributed by atoms with Crippen molar-refractivity contribution in [1.82, 2.24) is 4.98 Å². The Morgan fingerprint density at radius 3 is 2.71 bits per heavy atom. The molecule has 0 saturated heterocycles. The molecule has 0 bridgehead atoms. The molecule has 0 aliphatic rings. The van der Waals surface area contributed by atoms with Crippen LogP contribution in [0.1, 0.15) is 17.4 Å². The maximum absolute atomic E-state index is 10.3. The molecule has 17 heavy (non-hydrogen) atoms. The zero-order valence-electron chi connectivity index (χ0n) is 9.30. The lowest BCUT2D eigenvalue weighted by atomic mass is 10.1. The molecule has 88 valence electrons. The van der Waals surface area contributed by atoms with Crippen LogP contribution in [0.15, 0.2) is 42.6 Å². The van der Waals surface area contributed by atoms with E-state index in [9.17, 15) is 5.11 Å². The number of halogens is 1. The van der Waals surface area contributed by atoms with Gasteiger partial charge in [-0.25, -0.2) is 0 Å². The van der Waals surface area contributed by atoms with Crippen molar-refractivity contribution in [3.05, 3.63) is 58.9 Å². The largest absolute Gasteiger partial charge is 0.495 e. The van der Waals surface area contributed by atoms with Crippen LogP contribution in [-0.2, 0) is 0 Å². The SMILES string of the molecule is COc1cccnc1C(O)c1ccccc1Cl. The minimum atomic E-state index is -0.889. The summed E-state index contributed by atoms with van der Waals surface area (Å²) < 4.78 is 5.16. The van der Waals surface area contributed by atoms with Gasteiger partial charge in [0.2, 0.25) is 0 Å². The highest BCUT2D eigenvalue weighted by atomic mass is 35.5. The van der Waals surface area contributed by atoms with Crippen LogP contribution in [0.25, 0.3) is 0 Å². The van der Waals surface area contributed by atoms with Gasteiger partial charge >= 0.3 is 0 Å². The number of benzene rings is 1. The topological polar surface area (TPSA) is 42.4 Å². The van der Waals surface area contributed by atoms with Crippen molar-refractivity contribution in [1.29, 1.82) is 0 Å². The van der Waals surface area contributed by atoms with E-state index in [0.29, 0.717) is 22.0 Å². The fraction of sp³-hybridized carbons (Fsp3) is 0.154. The first-order chi connectivity index (χ1) is 8.24. The molecular weight excluding hydrogens is 238 g/mol. The quantitative estimate of drug-likeness (QED) is 0.910. The molecular formula is C13H12ClNO2. The molecule has 4 heteroatoms. The molecule has 0 radical (unpaired) electrons. The van der Waals surface area contributed by atoms with E-state index in [1.165, 1.54) is 0 Å². The maximum atomic E-state index is 10.3. The van der Waals surface area contributed by atoms with Gasteiger partial charge in [0, 0.05) is 16.8 Å². The van der Waals surface area contributed by atoms with Crippen molar-refractivity contribution >= 4 is 11.6 Å². The Morgan fingerprint density at radius 1 is 1.24 bits per heavy atom. The van der Waals surface area contributed by atoms with Gasteiger partial charge in [0.05, 0.1) is 7.11 Å². The van der Waals surface area contributed by atoms with Gasteiger partial charge in [-0.2, -0.15) is 0 Å². The predicted molar refractivity (Wildman–Crippen MR) is 66.3 cm³/mol. The minimum Gasteiger partial charge on any atom is -0.495 e. The summed E-state index contributed by atoms with van der Waals surface area (Å²) in [5.74, 6) is 0.542. The molecule has 1 atom stereocenters. The number of pyridine rings is 1. The second-order valence-electron chi connectivity index (χ2n) is 3.51. The second kappa shape index (κ2) is 5.17. The van der Waals surface area contributed by atoms with Crippen LogP contribution in [0.2, 0.25) is 5.02 Å². The first-order valence-corrected chi connectivity index (χ1v) is 5.53. The molecule has 1 aromatic heterocycles. The molecule has 0 fully saturated rings. The van der Waals surface area contributed by atoms with Crippen molar-refractivity contribution < 1.29 is 9.84 Å². The second-order valence-corrected chi connectivity index (χ2v) is 3.92. The average Bonchev–Trinajstić information content (AvgIpc) is 2.38. The molecule has 2 rings (SSSR count). The van der Waals surface area contributed by atoms with Crippen LogP contribution < -0.4 is 4.74 Å². The molecule has 1 aromatic carbocycles. The Kier molecular flexibility index (Phi) is 3.61. The summed E-state index contributed by atoms with van der Waals surface area (Å²) in [4.78, 5) is 4.13. The highest BCUT2D eigenvalue weighted by molar-refractivity contribution is 6.31. The molecule has 0 saturated carbocycles. The van der Waals surface area contributed by atoms with Gasteiger partial charge < -0.3 is 9.84 Å². The molecule has 1 heterocycles. The standard InChI is InChI=1S/C13H12ClNO2/c1-17-11-7-4-8-15-12(11)13(16)9-5-2-3-6-10(9)14/h2-8,13,16H,1H3. The summed E-state index contributed by atoms with van der Waals surface area (Å²) in [7, 11) is 1.54. The number of methoxy groups -OCH3 is 1. The van der Waals surface area contributed by atoms with E-state index < -0.39 is 6.10 Å². The third kappa shape index (κ3) is 2.40. The Labute approximate surface area is 105 Å². The molecule has 0 aliphatic heterocycles. The normalized spacial score (nSPS) is 12.2. The Balaban J connectivity index is 2.44. The van der Waals surface area contributed by atoms with Crippen LogP contribution in [0.5, 0.6) is 5.75 Å². The van der Waals surface area contributed by atoms with E-state index in [0.717, 1.165) is 0 Å². The monoisotopic (exact) mass is 249 g/mol. The number of rotatable bonds is 3. The summed E-state index contributed by atoms with van der Waals surface area (Å²) in [6, 6.07) is 10.6. The van der Waals surface area contributed by atoms with E-state index in [-0.39, 0.29) is 0 Å². The van der Waals surface area contributed by atoms with Crippen LogP contribution >= 0.6 is 11.6 Å². The third-order valence-corrected chi connectivity index (χ3v) is 2.82. The lowest BCUT2D eigenvalue weighted by Crippen LogP contribution is -2.05. The molecule has 0 aliphatic carbocycles. The molecule has 0 amide bonds. The zero-order chi connectivity index (χ0) is 12.3. The predicted octanol–water partition coefficient (Wildman–Crippen LogP) is 2.83. The van der Waals surface area contributed by atoms with Crippen LogP contribution in [0.3, 0.4) is 0 Å². The van der Waals surface area contributed by atoms with Crippen LogP contribution in [0, 0.1) is 0 Å². The molecule has 2 aromatic rings. The van der Waals surface area contributed by atoms with Gasteiger partial charge in [0.15, 0.2) is 0 Å². The smallest absolute Gasteiger partial charge is 0.143 e. The maximum Gasteiger partial charge on any atom is 0.143 e. The number of aliphatic hydroxyl groups is 1. The number of hydrogen-bond donors (Lipinski definition) is 1. The van der Waals surface area contributed by atoms with Gasteiger partial charge in [-0.05, 0) is 18.2 Å². The molecule has 0 spiro atoms. The van der Waals surface area contributed by atoms with Gasteiger partial charge in [-0.3, -0.25) is 4.98 Å². The van der Waals surface area contributed by atoms with E-state index in [2.05, 4.69) is 4.98 Å². The Morgan fingerprint density at radius 2 is 2.00 bits per heavy atom. The van der Waals surface area contributed by atoms with Crippen molar-refractivity contribution in [2.45, 2.75) is 6.10 Å². The number of nitrogens with zero attached hydrogens (tertiary/aromatic N) is 1. The first kappa shape index (κ1) is 11.9. The molecule has 3 nitrogen and oxygen atoms in total. The summed E-state index contributed by atoms with van der Waals surface area (Å²) in [6.45, 7) is 0. The van der Waals surface area contributed by atoms with Crippen molar-refractivity contribution in [2.24, 2.45) is 0 Å². The van der Waals surface area contributed by atoms with Crippen molar-refractivity contribution in [3.8, 4) is 5.75 Å². The molecule has 1 N–H and O–H groups in total. The zero-order valence-corrected chi connectivity index (χ0v) is 10.1. The first-order valence-electron chi connectivity index (χ1n) is 5.15. The number of aliphatic hydroxyl groups excluding tert-OH is 1. The molecule has 1 unspecified atom stereocenters. The van der Waals surface area contributed by atoms with Gasteiger partial charge in [-0.15, -0.1) is 0 Å². The van der Waals surface area contributed by atoms with Crippen LogP contribution in [-0.4, -0.2) is 17.2 Å². The summed E-state index contributed by atoms with van der Waals surface area (Å²) in [6.07, 6.45) is 0.720. The van der Waals surface area contributed by atoms with Gasteiger partial charge in [0.1, 0.15) is 17.5 Å². The highest BCUT2D eigenvalue weighted by Crippen LogP contribution is 2.31. The number of aromatic nitrogens is 1. The lowest BCUT2D eigenvalue weighted by molar-refractivity contribution is 0.209. The average molecular weight is 250 g/mol. The summed E-state index contributed by atoms with van der Waals surface area (Å²) in [5.41, 5.74) is 1.08. The van der Waals surface area contributed by atoms with Gasteiger partial charge in [0.25, 0.3) is 0 Å². The van der Waals surface area contributed by atoms with Crippen molar-refractivity contribution in [2.75, 3.05) is 7.11 Å².